The number of rotatable bonds is 6. The molecular weight excluding hydrogens is 510 g/mol. The van der Waals surface area contributed by atoms with E-state index in [1.54, 1.807) is 0 Å². The van der Waals surface area contributed by atoms with E-state index < -0.39 is 0 Å². The summed E-state index contributed by atoms with van der Waals surface area (Å²) < 4.78 is 0. The van der Waals surface area contributed by atoms with Gasteiger partial charge in [-0.1, -0.05) is 145 Å². The number of aliphatic imine (C=N–C) groups is 2. The summed E-state index contributed by atoms with van der Waals surface area (Å²) in [5, 5.41) is 0. The highest BCUT2D eigenvalue weighted by atomic mass is 14.8. The molecule has 0 saturated carbocycles. The minimum Gasteiger partial charge on any atom is -0.246 e. The molecule has 0 spiro atoms. The quantitative estimate of drug-likeness (QED) is 0.194. The Bertz CT molecular complexity index is 1590. The second-order valence-corrected chi connectivity index (χ2v) is 12.6. The molecule has 3 heteroatoms. The highest BCUT2D eigenvalue weighted by Crippen LogP contribution is 2.34. The first kappa shape index (κ1) is 28.9. The molecule has 0 bridgehead atoms. The van der Waals surface area contributed by atoms with Gasteiger partial charge in [-0.15, -0.1) is 0 Å². The summed E-state index contributed by atoms with van der Waals surface area (Å²) in [6, 6.07) is 43.5. The Balaban J connectivity index is 1.72. The number of para-hydroxylation sites is 2. The van der Waals surface area contributed by atoms with Crippen LogP contribution in [0.25, 0.3) is 0 Å². The third kappa shape index (κ3) is 6.63. The fraction of sp³-hybridized carbons (Fsp3) is 0.205. The number of nitrogens with zero attached hydrogens (tertiary/aromatic N) is 3. The van der Waals surface area contributed by atoms with Gasteiger partial charge in [-0.3, -0.25) is 0 Å². The second kappa shape index (κ2) is 12.1. The molecule has 1 heterocycles. The van der Waals surface area contributed by atoms with E-state index in [1.165, 1.54) is 11.1 Å². The first-order valence-corrected chi connectivity index (χ1v) is 14.6. The lowest BCUT2D eigenvalue weighted by atomic mass is 9.86. The van der Waals surface area contributed by atoms with Gasteiger partial charge in [0.2, 0.25) is 0 Å². The number of benzene rings is 4. The first-order valence-electron chi connectivity index (χ1n) is 14.6. The Hall–Kier alpha value is -4.63. The molecule has 0 amide bonds. The van der Waals surface area contributed by atoms with Crippen molar-refractivity contribution in [2.24, 2.45) is 9.98 Å². The number of hydrogen-bond acceptors (Lipinski definition) is 3. The van der Waals surface area contributed by atoms with Crippen molar-refractivity contribution in [1.29, 1.82) is 0 Å². The van der Waals surface area contributed by atoms with Gasteiger partial charge in [0.05, 0.1) is 34.2 Å². The summed E-state index contributed by atoms with van der Waals surface area (Å²) in [6.45, 7) is 13.3. The van der Waals surface area contributed by atoms with E-state index in [0.717, 1.165) is 45.3 Å². The van der Waals surface area contributed by atoms with Crippen LogP contribution in [0.1, 0.15) is 75.2 Å². The summed E-state index contributed by atoms with van der Waals surface area (Å²) in [5.41, 5.74) is 9.48. The predicted molar refractivity (Wildman–Crippen MR) is 178 cm³/mol. The minimum atomic E-state index is -0.0508. The maximum atomic E-state index is 5.28. The van der Waals surface area contributed by atoms with Crippen LogP contribution in [0, 0.1) is 0 Å². The molecule has 0 radical (unpaired) electrons. The Morgan fingerprint density at radius 3 is 1.17 bits per heavy atom. The summed E-state index contributed by atoms with van der Waals surface area (Å²) in [6.07, 6.45) is 0. The molecule has 0 fully saturated rings. The highest BCUT2D eigenvalue weighted by molar-refractivity contribution is 6.16. The van der Waals surface area contributed by atoms with Gasteiger partial charge in [-0.25, -0.2) is 15.0 Å². The van der Waals surface area contributed by atoms with E-state index in [0.29, 0.717) is 0 Å². The molecule has 0 unspecified atom stereocenters. The molecule has 42 heavy (non-hydrogen) atoms. The van der Waals surface area contributed by atoms with E-state index in [2.05, 4.69) is 108 Å². The van der Waals surface area contributed by atoms with Gasteiger partial charge in [0.25, 0.3) is 0 Å². The molecule has 0 saturated heterocycles. The van der Waals surface area contributed by atoms with Gasteiger partial charge in [0.1, 0.15) is 0 Å². The largest absolute Gasteiger partial charge is 0.246 e. The zero-order valence-electron chi connectivity index (χ0n) is 25.5. The van der Waals surface area contributed by atoms with E-state index in [-0.39, 0.29) is 10.8 Å². The lowest BCUT2D eigenvalue weighted by Crippen LogP contribution is -2.14. The minimum absolute atomic E-state index is 0.0508. The van der Waals surface area contributed by atoms with Crippen molar-refractivity contribution in [2.45, 2.75) is 52.4 Å². The molecule has 0 aliphatic heterocycles. The van der Waals surface area contributed by atoms with E-state index in [9.17, 15) is 0 Å². The lowest BCUT2D eigenvalue weighted by Gasteiger charge is -2.22. The molecule has 5 aromatic rings. The Kier molecular flexibility index (Phi) is 8.31. The smallest absolute Gasteiger partial charge is 0.0966 e. The van der Waals surface area contributed by atoms with Crippen LogP contribution < -0.4 is 0 Å². The molecule has 0 N–H and O–H groups in total. The van der Waals surface area contributed by atoms with Gasteiger partial charge >= 0.3 is 0 Å². The second-order valence-electron chi connectivity index (χ2n) is 12.6. The molecule has 0 atom stereocenters. The summed E-state index contributed by atoms with van der Waals surface area (Å²) in [4.78, 5) is 15.8. The molecular formula is C39H39N3. The average Bonchev–Trinajstić information content (AvgIpc) is 2.99. The van der Waals surface area contributed by atoms with Crippen molar-refractivity contribution in [2.75, 3.05) is 0 Å². The third-order valence-corrected chi connectivity index (χ3v) is 7.22. The van der Waals surface area contributed by atoms with Gasteiger partial charge in [0.15, 0.2) is 0 Å². The van der Waals surface area contributed by atoms with Crippen LogP contribution in [0.4, 0.5) is 11.4 Å². The van der Waals surface area contributed by atoms with Crippen LogP contribution in [0.5, 0.6) is 0 Å². The van der Waals surface area contributed by atoms with Crippen molar-refractivity contribution >= 4 is 22.8 Å². The average molecular weight is 550 g/mol. The van der Waals surface area contributed by atoms with E-state index >= 15 is 0 Å². The van der Waals surface area contributed by atoms with Crippen molar-refractivity contribution < 1.29 is 0 Å². The topological polar surface area (TPSA) is 37.6 Å². The predicted octanol–water partition coefficient (Wildman–Crippen LogP) is 10.0. The molecule has 3 nitrogen and oxygen atoms in total. The van der Waals surface area contributed by atoms with Gasteiger partial charge in [0, 0.05) is 11.1 Å². The molecule has 0 aliphatic carbocycles. The van der Waals surface area contributed by atoms with Crippen molar-refractivity contribution in [3.8, 4) is 0 Å². The van der Waals surface area contributed by atoms with Gasteiger partial charge in [-0.05, 0) is 46.2 Å². The van der Waals surface area contributed by atoms with E-state index in [4.69, 9.17) is 15.0 Å². The van der Waals surface area contributed by atoms with Crippen LogP contribution >= 0.6 is 0 Å². The summed E-state index contributed by atoms with van der Waals surface area (Å²) in [5.74, 6) is 0. The first-order chi connectivity index (χ1) is 20.1. The lowest BCUT2D eigenvalue weighted by molar-refractivity contribution is 0.591. The van der Waals surface area contributed by atoms with E-state index in [1.807, 2.05) is 60.7 Å². The monoisotopic (exact) mass is 549 g/mol. The molecule has 0 aliphatic rings. The Labute approximate surface area is 250 Å². The third-order valence-electron chi connectivity index (χ3n) is 7.22. The maximum Gasteiger partial charge on any atom is 0.0966 e. The Morgan fingerprint density at radius 1 is 0.429 bits per heavy atom. The zero-order valence-corrected chi connectivity index (χ0v) is 25.5. The SMILES string of the molecule is CC(C)(C)c1ccccc1/N=C(\c1ccccc1)c1cccc(/C(=N/c2ccccc2C(C)(C)C)c2ccccc2)n1. The van der Waals surface area contributed by atoms with Crippen LogP contribution in [0.2, 0.25) is 0 Å². The Morgan fingerprint density at radius 2 is 0.786 bits per heavy atom. The normalized spacial score (nSPS) is 12.8. The van der Waals surface area contributed by atoms with Crippen LogP contribution in [-0.2, 0) is 10.8 Å². The molecule has 210 valence electrons. The molecule has 1 aromatic heterocycles. The fourth-order valence-electron chi connectivity index (χ4n) is 5.08. The standard InChI is InChI=1S/C39H39N3/c1-38(2,3)30-22-13-15-24-32(30)41-36(28-18-9-7-10-19-28)34-26-17-27-35(40-34)37(29-20-11-8-12-21-29)42-33-25-16-14-23-31(33)39(4,5)6/h7-27H,1-6H3/b41-36+,42-37+. The molecule has 5 rings (SSSR count). The number of hydrogen-bond donors (Lipinski definition) is 0. The van der Waals surface area contributed by atoms with Crippen LogP contribution in [0.3, 0.4) is 0 Å². The van der Waals surface area contributed by atoms with Gasteiger partial charge < -0.3 is 0 Å². The van der Waals surface area contributed by atoms with Crippen molar-refractivity contribution in [1.82, 2.24) is 4.98 Å². The molecule has 4 aromatic carbocycles. The van der Waals surface area contributed by atoms with Crippen molar-refractivity contribution in [3.63, 3.8) is 0 Å². The number of aromatic nitrogens is 1. The van der Waals surface area contributed by atoms with Gasteiger partial charge in [-0.2, -0.15) is 0 Å². The zero-order chi connectivity index (χ0) is 29.7. The van der Waals surface area contributed by atoms with Crippen LogP contribution in [0.15, 0.2) is 137 Å². The highest BCUT2D eigenvalue weighted by Gasteiger charge is 2.21. The summed E-state index contributed by atoms with van der Waals surface area (Å²) >= 11 is 0. The number of pyridine rings is 1. The fourth-order valence-corrected chi connectivity index (χ4v) is 5.08. The van der Waals surface area contributed by atoms with Crippen molar-refractivity contribution in [3.05, 3.63) is 161 Å². The van der Waals surface area contributed by atoms with Crippen LogP contribution in [-0.4, -0.2) is 16.4 Å². The maximum absolute atomic E-state index is 5.28. The summed E-state index contributed by atoms with van der Waals surface area (Å²) in [7, 11) is 0.